The lowest BCUT2D eigenvalue weighted by Gasteiger charge is -2.12. The summed E-state index contributed by atoms with van der Waals surface area (Å²) >= 11 is 0. The number of hydrogen-bond donors (Lipinski definition) is 1. The van der Waals surface area contributed by atoms with Gasteiger partial charge in [-0.1, -0.05) is 6.92 Å². The first-order chi connectivity index (χ1) is 7.81. The van der Waals surface area contributed by atoms with E-state index >= 15 is 0 Å². The van der Waals surface area contributed by atoms with Gasteiger partial charge in [-0.25, -0.2) is 4.98 Å². The normalized spacial score (nSPS) is 12.6. The fraction of sp³-hybridized carbons (Fsp3) is 0.364. The first kappa shape index (κ1) is 10.8. The molecule has 1 atom stereocenters. The van der Waals surface area contributed by atoms with Gasteiger partial charge < -0.3 is 10.3 Å². The zero-order chi connectivity index (χ0) is 11.4. The highest BCUT2D eigenvalue weighted by Gasteiger charge is 2.09. The smallest absolute Gasteiger partial charge is 0.0952 e. The van der Waals surface area contributed by atoms with Crippen molar-refractivity contribution in [1.29, 1.82) is 0 Å². The van der Waals surface area contributed by atoms with Crippen molar-refractivity contribution in [3.63, 3.8) is 0 Å². The van der Waals surface area contributed by atoms with Crippen molar-refractivity contribution in [3.05, 3.63) is 42.2 Å². The molecule has 0 bridgehead atoms. The van der Waals surface area contributed by atoms with E-state index in [0.29, 0.717) is 6.54 Å². The van der Waals surface area contributed by atoms with E-state index in [4.69, 9.17) is 5.73 Å². The average molecular weight is 217 g/mol. The molecule has 2 rings (SSSR count). The molecule has 2 N–H and O–H groups in total. The van der Waals surface area contributed by atoms with Crippen LogP contribution in [0.1, 0.15) is 30.8 Å². The number of nitrogens with zero attached hydrogens (tertiary/aromatic N) is 4. The van der Waals surface area contributed by atoms with Gasteiger partial charge in [0.2, 0.25) is 0 Å². The van der Waals surface area contributed by atoms with Crippen molar-refractivity contribution in [3.8, 4) is 0 Å². The molecule has 5 heteroatoms. The highest BCUT2D eigenvalue weighted by molar-refractivity contribution is 5.08. The van der Waals surface area contributed by atoms with Crippen LogP contribution in [0.15, 0.2) is 30.9 Å². The number of imidazole rings is 1. The van der Waals surface area contributed by atoms with Gasteiger partial charge in [-0.2, -0.15) is 10.2 Å². The molecule has 0 spiro atoms. The lowest BCUT2D eigenvalue weighted by atomic mass is 10.2. The Morgan fingerprint density at radius 2 is 2.38 bits per heavy atom. The first-order valence-electron chi connectivity index (χ1n) is 5.33. The molecule has 0 amide bonds. The number of nitrogens with two attached hydrogens (primary N) is 1. The highest BCUT2D eigenvalue weighted by Crippen LogP contribution is 2.13. The maximum Gasteiger partial charge on any atom is 0.0952 e. The van der Waals surface area contributed by atoms with Crippen molar-refractivity contribution in [2.24, 2.45) is 5.73 Å². The molecular weight excluding hydrogens is 202 g/mol. The Hall–Kier alpha value is -1.75. The zero-order valence-corrected chi connectivity index (χ0v) is 9.24. The summed E-state index contributed by atoms with van der Waals surface area (Å²) in [4.78, 5) is 4.12. The largest absolute Gasteiger partial charge is 0.327 e. The van der Waals surface area contributed by atoms with Gasteiger partial charge in [-0.3, -0.25) is 0 Å². The summed E-state index contributed by atoms with van der Waals surface area (Å²) in [5.74, 6) is 0. The van der Waals surface area contributed by atoms with E-state index in [1.165, 1.54) is 0 Å². The van der Waals surface area contributed by atoms with Gasteiger partial charge in [0.1, 0.15) is 0 Å². The molecular formula is C11H15N5. The van der Waals surface area contributed by atoms with Gasteiger partial charge in [-0.05, 0) is 18.6 Å². The monoisotopic (exact) mass is 217 g/mol. The quantitative estimate of drug-likeness (QED) is 0.833. The number of rotatable bonds is 4. The third-order valence-electron chi connectivity index (χ3n) is 2.52. The Balaban J connectivity index is 2.19. The predicted octanol–water partition coefficient (Wildman–Crippen LogP) is 1.13. The molecule has 0 saturated heterocycles. The van der Waals surface area contributed by atoms with Gasteiger partial charge in [0.25, 0.3) is 0 Å². The molecule has 0 aromatic carbocycles. The van der Waals surface area contributed by atoms with E-state index in [-0.39, 0.29) is 6.04 Å². The zero-order valence-electron chi connectivity index (χ0n) is 9.24. The van der Waals surface area contributed by atoms with Gasteiger partial charge in [0.15, 0.2) is 0 Å². The van der Waals surface area contributed by atoms with Crippen LogP contribution >= 0.6 is 0 Å². The highest BCUT2D eigenvalue weighted by atomic mass is 15.1. The molecule has 0 aliphatic rings. The van der Waals surface area contributed by atoms with Crippen molar-refractivity contribution < 1.29 is 0 Å². The molecule has 0 fully saturated rings. The fourth-order valence-electron chi connectivity index (χ4n) is 1.57. The molecule has 2 aromatic heterocycles. The third-order valence-corrected chi connectivity index (χ3v) is 2.52. The van der Waals surface area contributed by atoms with Gasteiger partial charge >= 0.3 is 0 Å². The molecule has 84 valence electrons. The molecule has 0 radical (unpaired) electrons. The molecule has 0 aliphatic heterocycles. The summed E-state index contributed by atoms with van der Waals surface area (Å²) in [5.41, 5.74) is 7.94. The van der Waals surface area contributed by atoms with Crippen LogP contribution in [0.3, 0.4) is 0 Å². The van der Waals surface area contributed by atoms with E-state index in [9.17, 15) is 0 Å². The minimum absolute atomic E-state index is 0.0270. The molecule has 0 aliphatic carbocycles. The third kappa shape index (κ3) is 2.25. The Labute approximate surface area is 94.3 Å². The van der Waals surface area contributed by atoms with Crippen LogP contribution in [0, 0.1) is 0 Å². The van der Waals surface area contributed by atoms with Crippen LogP contribution in [-0.4, -0.2) is 19.7 Å². The molecule has 0 saturated carbocycles. The van der Waals surface area contributed by atoms with E-state index in [0.717, 1.165) is 17.8 Å². The van der Waals surface area contributed by atoms with Crippen LogP contribution < -0.4 is 5.73 Å². The maximum atomic E-state index is 6.00. The first-order valence-corrected chi connectivity index (χ1v) is 5.33. The van der Waals surface area contributed by atoms with Gasteiger partial charge in [0, 0.05) is 18.4 Å². The molecule has 5 nitrogen and oxygen atoms in total. The topological polar surface area (TPSA) is 69.6 Å². The lowest BCUT2D eigenvalue weighted by molar-refractivity contribution is 0.611. The van der Waals surface area contributed by atoms with Gasteiger partial charge in [-0.15, -0.1) is 0 Å². The molecule has 2 aromatic rings. The summed E-state index contributed by atoms with van der Waals surface area (Å²) in [5, 5.41) is 7.89. The standard InChI is InChI=1S/C11H15N5/c1-2-10(12)11-6-13-8-16(11)7-9-4-3-5-14-15-9/h3-6,8,10H,2,7,12H2,1H3/t10-/m1/s1. The Bertz CT molecular complexity index is 437. The summed E-state index contributed by atoms with van der Waals surface area (Å²) in [6.45, 7) is 2.72. The summed E-state index contributed by atoms with van der Waals surface area (Å²) in [6.07, 6.45) is 6.15. The van der Waals surface area contributed by atoms with Crippen molar-refractivity contribution in [1.82, 2.24) is 19.7 Å². The van der Waals surface area contributed by atoms with E-state index in [1.54, 1.807) is 12.5 Å². The summed E-state index contributed by atoms with van der Waals surface area (Å²) < 4.78 is 2.01. The summed E-state index contributed by atoms with van der Waals surface area (Å²) in [6, 6.07) is 3.84. The Morgan fingerprint density at radius 1 is 1.50 bits per heavy atom. The Morgan fingerprint density at radius 3 is 3.06 bits per heavy atom. The fourth-order valence-corrected chi connectivity index (χ4v) is 1.57. The van der Waals surface area contributed by atoms with Crippen LogP contribution in [0.4, 0.5) is 0 Å². The number of hydrogen-bond acceptors (Lipinski definition) is 4. The molecule has 16 heavy (non-hydrogen) atoms. The average Bonchev–Trinajstić information content (AvgIpc) is 2.77. The number of aromatic nitrogens is 4. The molecule has 2 heterocycles. The maximum absolute atomic E-state index is 6.00. The van der Waals surface area contributed by atoms with Crippen LogP contribution in [0.5, 0.6) is 0 Å². The van der Waals surface area contributed by atoms with E-state index in [1.807, 2.05) is 22.9 Å². The van der Waals surface area contributed by atoms with E-state index in [2.05, 4.69) is 22.1 Å². The van der Waals surface area contributed by atoms with Crippen LogP contribution in [-0.2, 0) is 6.54 Å². The lowest BCUT2D eigenvalue weighted by Crippen LogP contribution is -2.15. The van der Waals surface area contributed by atoms with Crippen LogP contribution in [0.25, 0.3) is 0 Å². The van der Waals surface area contributed by atoms with Crippen molar-refractivity contribution in [2.45, 2.75) is 25.9 Å². The second-order valence-corrected chi connectivity index (χ2v) is 3.68. The second-order valence-electron chi connectivity index (χ2n) is 3.68. The van der Waals surface area contributed by atoms with Crippen molar-refractivity contribution >= 4 is 0 Å². The van der Waals surface area contributed by atoms with E-state index < -0.39 is 0 Å². The van der Waals surface area contributed by atoms with Gasteiger partial charge in [0.05, 0.1) is 24.3 Å². The SMILES string of the molecule is CC[C@@H](N)c1cncn1Cc1cccnn1. The minimum Gasteiger partial charge on any atom is -0.327 e. The second kappa shape index (κ2) is 4.85. The summed E-state index contributed by atoms with van der Waals surface area (Å²) in [7, 11) is 0. The molecule has 0 unspecified atom stereocenters. The van der Waals surface area contributed by atoms with Crippen LogP contribution in [0.2, 0.25) is 0 Å². The Kier molecular flexibility index (Phi) is 3.26. The predicted molar refractivity (Wildman–Crippen MR) is 60.6 cm³/mol. The van der Waals surface area contributed by atoms with Crippen molar-refractivity contribution in [2.75, 3.05) is 0 Å². The minimum atomic E-state index is 0.0270.